The number of benzene rings is 2. The van der Waals surface area contributed by atoms with E-state index in [0.29, 0.717) is 17.9 Å². The number of para-hydroxylation sites is 1. The van der Waals surface area contributed by atoms with Gasteiger partial charge in [0.2, 0.25) is 0 Å². The lowest BCUT2D eigenvalue weighted by Crippen LogP contribution is -2.79. The van der Waals surface area contributed by atoms with Crippen molar-refractivity contribution in [2.75, 3.05) is 19.7 Å². The Bertz CT molecular complexity index is 1680. The van der Waals surface area contributed by atoms with E-state index in [1.807, 2.05) is 18.2 Å². The smallest absolute Gasteiger partial charge is 0.384 e. The average Bonchev–Trinajstić information content (AvgIpc) is 3.40. The lowest BCUT2D eigenvalue weighted by atomic mass is 9.78. The Kier molecular flexibility index (Phi) is 6.62. The molecule has 5 atom stereocenters. The lowest BCUT2D eigenvalue weighted by Gasteiger charge is -2.42. The molecule has 4 heterocycles. The van der Waals surface area contributed by atoms with Gasteiger partial charge in [-0.15, -0.1) is 0 Å². The number of carbonyl (C=O) groups excluding carboxylic acids is 2. The van der Waals surface area contributed by atoms with Crippen LogP contribution in [0, 0.1) is 11.3 Å². The number of hydroxylamine groups is 1. The van der Waals surface area contributed by atoms with Crippen molar-refractivity contribution in [3.63, 3.8) is 0 Å². The minimum Gasteiger partial charge on any atom is -0.492 e. The molecule has 44 heavy (non-hydrogen) atoms. The van der Waals surface area contributed by atoms with E-state index in [0.717, 1.165) is 16.7 Å². The van der Waals surface area contributed by atoms with Gasteiger partial charge in [-0.3, -0.25) is 31.7 Å². The number of amides is 2. The molecule has 10 N–H and O–H groups in total. The van der Waals surface area contributed by atoms with Gasteiger partial charge in [0, 0.05) is 5.56 Å². The van der Waals surface area contributed by atoms with Crippen molar-refractivity contribution < 1.29 is 34.0 Å². The van der Waals surface area contributed by atoms with Crippen LogP contribution in [0.4, 0.5) is 0 Å². The minimum atomic E-state index is -1.84. The SMILES string of the molecule is CC1(C)CCOc2c(C(=O)NC3C[N+]4=C(N)N[C@@H](CNC(=O)c5ccccc5C#N)C5NC(N)=[N+](O)C54[C@@]3(C)O)cccc21. The summed E-state index contributed by atoms with van der Waals surface area (Å²) in [5, 5.41) is 45.0. The van der Waals surface area contributed by atoms with Crippen LogP contribution in [0.2, 0.25) is 0 Å². The van der Waals surface area contributed by atoms with E-state index in [1.54, 1.807) is 34.9 Å². The fourth-order valence-corrected chi connectivity index (χ4v) is 7.11. The third-order valence-electron chi connectivity index (χ3n) is 9.56. The maximum absolute atomic E-state index is 13.8. The lowest BCUT2D eigenvalue weighted by molar-refractivity contribution is -0.943. The van der Waals surface area contributed by atoms with Crippen LogP contribution in [0.5, 0.6) is 5.75 Å². The van der Waals surface area contributed by atoms with Gasteiger partial charge in [0.25, 0.3) is 11.8 Å². The molecule has 0 aromatic heterocycles. The van der Waals surface area contributed by atoms with Gasteiger partial charge in [0.15, 0.2) is 11.6 Å². The maximum atomic E-state index is 13.8. The number of fused-ring (bicyclic) bond motifs is 1. The van der Waals surface area contributed by atoms with E-state index in [2.05, 4.69) is 35.1 Å². The Hall–Kier alpha value is -5.03. The highest BCUT2D eigenvalue weighted by Gasteiger charge is 2.79. The van der Waals surface area contributed by atoms with Crippen LogP contribution in [0.1, 0.15) is 59.0 Å². The summed E-state index contributed by atoms with van der Waals surface area (Å²) in [5.74, 6) is -0.445. The minimum absolute atomic E-state index is 0.00987. The van der Waals surface area contributed by atoms with E-state index in [-0.39, 0.29) is 41.6 Å². The molecule has 3 unspecified atom stereocenters. The van der Waals surface area contributed by atoms with Crippen molar-refractivity contribution in [1.82, 2.24) is 21.3 Å². The molecule has 230 valence electrons. The Morgan fingerprint density at radius 3 is 2.57 bits per heavy atom. The molecule has 4 aliphatic rings. The van der Waals surface area contributed by atoms with Crippen molar-refractivity contribution in [3.05, 3.63) is 64.7 Å². The molecular formula is C30H37N9O5+2. The summed E-state index contributed by atoms with van der Waals surface area (Å²) < 4.78 is 8.26. The Balaban J connectivity index is 1.30. The number of nitriles is 1. The molecule has 4 aliphatic heterocycles. The quantitative estimate of drug-likeness (QED) is 0.148. The third kappa shape index (κ3) is 4.03. The van der Waals surface area contributed by atoms with Gasteiger partial charge in [-0.05, 0) is 41.7 Å². The van der Waals surface area contributed by atoms with Crippen LogP contribution >= 0.6 is 0 Å². The van der Waals surface area contributed by atoms with Crippen LogP contribution in [-0.2, 0) is 5.41 Å². The second kappa shape index (κ2) is 10.0. The van der Waals surface area contributed by atoms with E-state index < -0.39 is 41.2 Å². The van der Waals surface area contributed by atoms with Crippen LogP contribution in [0.25, 0.3) is 0 Å². The predicted octanol–water partition coefficient (Wildman–Crippen LogP) is -1.41. The highest BCUT2D eigenvalue weighted by atomic mass is 16.5. The van der Waals surface area contributed by atoms with Gasteiger partial charge in [-0.2, -0.15) is 5.26 Å². The second-order valence-electron chi connectivity index (χ2n) is 12.5. The summed E-state index contributed by atoms with van der Waals surface area (Å²) in [5.41, 5.74) is 10.7. The van der Waals surface area contributed by atoms with E-state index in [9.17, 15) is 25.2 Å². The molecule has 0 radical (unpaired) electrons. The first kappa shape index (κ1) is 29.1. The summed E-state index contributed by atoms with van der Waals surface area (Å²) in [7, 11) is 0. The third-order valence-corrected chi connectivity index (χ3v) is 9.56. The molecule has 0 bridgehead atoms. The topological polar surface area (TPSA) is 214 Å². The van der Waals surface area contributed by atoms with Gasteiger partial charge in [-0.1, -0.05) is 38.1 Å². The Labute approximate surface area is 253 Å². The molecule has 2 amide bonds. The normalized spacial score (nSPS) is 29.7. The van der Waals surface area contributed by atoms with Crippen molar-refractivity contribution in [2.24, 2.45) is 11.5 Å². The Morgan fingerprint density at radius 2 is 1.82 bits per heavy atom. The number of nitrogens with one attached hydrogen (secondary N) is 4. The zero-order valence-electron chi connectivity index (χ0n) is 24.7. The Morgan fingerprint density at radius 1 is 1.09 bits per heavy atom. The zero-order chi connectivity index (χ0) is 31.6. The molecule has 14 heteroatoms. The molecule has 1 saturated heterocycles. The van der Waals surface area contributed by atoms with E-state index >= 15 is 0 Å². The van der Waals surface area contributed by atoms with E-state index in [1.165, 1.54) is 6.92 Å². The van der Waals surface area contributed by atoms with Crippen molar-refractivity contribution in [1.29, 1.82) is 5.26 Å². The highest BCUT2D eigenvalue weighted by molar-refractivity contribution is 5.98. The summed E-state index contributed by atoms with van der Waals surface area (Å²) in [4.78, 5) is 26.8. The molecule has 0 saturated carbocycles. The molecule has 6 rings (SSSR count). The van der Waals surface area contributed by atoms with Crippen molar-refractivity contribution >= 4 is 23.7 Å². The predicted molar refractivity (Wildman–Crippen MR) is 157 cm³/mol. The van der Waals surface area contributed by atoms with Gasteiger partial charge in [0.05, 0.1) is 48.5 Å². The first-order chi connectivity index (χ1) is 20.8. The number of nitrogens with zero attached hydrogens (tertiary/aromatic N) is 3. The van der Waals surface area contributed by atoms with Gasteiger partial charge in [0.1, 0.15) is 11.8 Å². The molecule has 2 aromatic carbocycles. The zero-order valence-corrected chi connectivity index (χ0v) is 24.7. The number of carbonyl (C=O) groups is 2. The number of aliphatic hydroxyl groups is 1. The molecule has 14 nitrogen and oxygen atoms in total. The largest absolute Gasteiger partial charge is 0.492 e. The van der Waals surface area contributed by atoms with Gasteiger partial charge >= 0.3 is 17.6 Å². The molecule has 1 fully saturated rings. The summed E-state index contributed by atoms with van der Waals surface area (Å²) in [6.07, 6.45) is 0.813. The average molecular weight is 604 g/mol. The first-order valence-corrected chi connectivity index (χ1v) is 14.5. The number of hydrogen-bond acceptors (Lipinski definition) is 10. The van der Waals surface area contributed by atoms with Gasteiger partial charge in [-0.25, -0.2) is 4.58 Å². The van der Waals surface area contributed by atoms with Gasteiger partial charge < -0.3 is 25.7 Å². The second-order valence-corrected chi connectivity index (χ2v) is 12.5. The molecular weight excluding hydrogens is 566 g/mol. The molecule has 1 spiro atoms. The number of guanidine groups is 2. The fraction of sp³-hybridized carbons (Fsp3) is 0.433. The summed E-state index contributed by atoms with van der Waals surface area (Å²) in [6.45, 7) is 6.20. The number of nitrogens with two attached hydrogens (primary N) is 2. The van der Waals surface area contributed by atoms with Crippen molar-refractivity contribution in [2.45, 2.75) is 62.0 Å². The van der Waals surface area contributed by atoms with Crippen LogP contribution < -0.4 is 37.5 Å². The number of ether oxygens (including phenoxy) is 1. The highest BCUT2D eigenvalue weighted by Crippen LogP contribution is 2.44. The number of hydrogen-bond donors (Lipinski definition) is 8. The molecule has 0 aliphatic carbocycles. The number of rotatable bonds is 5. The first-order valence-electron chi connectivity index (χ1n) is 14.5. The van der Waals surface area contributed by atoms with E-state index in [4.69, 9.17) is 16.2 Å². The van der Waals surface area contributed by atoms with Crippen LogP contribution in [0.3, 0.4) is 0 Å². The summed E-state index contributed by atoms with van der Waals surface area (Å²) >= 11 is 0. The molecule has 2 aromatic rings. The van der Waals surface area contributed by atoms with Crippen LogP contribution in [-0.4, -0.2) is 92.4 Å². The summed E-state index contributed by atoms with van der Waals surface area (Å²) in [6, 6.07) is 11.4. The standard InChI is InChI=1S/C30H35N9O5/c1-28(2)11-12-44-22-18(9-6-10-19(22)28)25(41)36-21-15-38-26(32)35-20(14-34-24(40)17-8-5-4-7-16(17)13-31)23-30(38,29(21,3)42)39(43)27(33)37-23/h4-10,20-21,23,42-43H,11-12,14-15H2,1-3H3,(H6,32,33,34,35,36,37,40,41)/p+2/t20-,21?,23?,29-,30?/m0/s1. The van der Waals surface area contributed by atoms with Crippen molar-refractivity contribution in [3.8, 4) is 11.8 Å². The monoisotopic (exact) mass is 603 g/mol. The maximum Gasteiger partial charge on any atom is 0.384 e. The fourth-order valence-electron chi connectivity index (χ4n) is 7.11. The van der Waals surface area contributed by atoms with Crippen LogP contribution in [0.15, 0.2) is 42.5 Å².